The topological polar surface area (TPSA) is 54.0 Å². The normalized spacial score (nSPS) is 17.6. The van der Waals surface area contributed by atoms with Crippen LogP contribution in [0.2, 0.25) is 10.0 Å². The Kier molecular flexibility index (Phi) is 5.19. The van der Waals surface area contributed by atoms with Gasteiger partial charge in [0.05, 0.1) is 18.7 Å². The number of hydrogen-bond acceptors (Lipinski definition) is 2. The van der Waals surface area contributed by atoms with Gasteiger partial charge in [-0.2, -0.15) is 0 Å². The molecule has 0 aliphatic carbocycles. The maximum Gasteiger partial charge on any atom is 0.292 e. The molecule has 2 aromatic carbocycles. The molecule has 1 fully saturated rings. The van der Waals surface area contributed by atoms with Gasteiger partial charge >= 0.3 is 0 Å². The number of quaternary nitrogens is 1. The number of carbonyl (C=O) groups excluding carboxylic acids is 2. The number of anilines is 1. The van der Waals surface area contributed by atoms with Crippen LogP contribution >= 0.6 is 23.2 Å². The van der Waals surface area contributed by atoms with Gasteiger partial charge in [0.15, 0.2) is 6.04 Å². The highest BCUT2D eigenvalue weighted by Gasteiger charge is 2.41. The number of rotatable bonds is 5. The molecular weight excluding hydrogens is 347 g/mol. The van der Waals surface area contributed by atoms with Crippen molar-refractivity contribution in [2.24, 2.45) is 0 Å². The van der Waals surface area contributed by atoms with Crippen LogP contribution in [0.3, 0.4) is 0 Å². The van der Waals surface area contributed by atoms with Crippen molar-refractivity contribution in [1.29, 1.82) is 0 Å². The first-order valence-corrected chi connectivity index (χ1v) is 8.50. The summed E-state index contributed by atoms with van der Waals surface area (Å²) in [7, 11) is 0. The molecule has 2 aromatic rings. The van der Waals surface area contributed by atoms with Crippen LogP contribution in [0, 0.1) is 0 Å². The van der Waals surface area contributed by atoms with Crippen LogP contribution in [0.1, 0.15) is 12.0 Å². The Morgan fingerprint density at radius 3 is 2.17 bits per heavy atom. The van der Waals surface area contributed by atoms with E-state index in [1.54, 1.807) is 24.3 Å². The Hall–Kier alpha value is -1.88. The number of imide groups is 1. The van der Waals surface area contributed by atoms with Crippen molar-refractivity contribution in [3.63, 3.8) is 0 Å². The molecule has 24 heavy (non-hydrogen) atoms. The summed E-state index contributed by atoms with van der Waals surface area (Å²) in [5, 5.41) is 3.21. The second-order valence-electron chi connectivity index (χ2n) is 5.76. The molecule has 0 saturated carbocycles. The monoisotopic (exact) mass is 363 g/mol. The van der Waals surface area contributed by atoms with Crippen LogP contribution in [-0.2, 0) is 16.0 Å². The summed E-state index contributed by atoms with van der Waals surface area (Å²) in [5.74, 6) is -0.339. The Balaban J connectivity index is 1.59. The van der Waals surface area contributed by atoms with Gasteiger partial charge in [0.2, 0.25) is 5.91 Å². The van der Waals surface area contributed by atoms with Gasteiger partial charge in [0.25, 0.3) is 5.91 Å². The molecule has 1 saturated heterocycles. The Morgan fingerprint density at radius 2 is 1.54 bits per heavy atom. The molecule has 0 radical (unpaired) electrons. The average molecular weight is 364 g/mol. The van der Waals surface area contributed by atoms with E-state index in [1.807, 2.05) is 29.6 Å². The number of carbonyl (C=O) groups is 2. The van der Waals surface area contributed by atoms with Gasteiger partial charge in [0.1, 0.15) is 0 Å². The average Bonchev–Trinajstić information content (AvgIpc) is 2.85. The van der Waals surface area contributed by atoms with E-state index in [9.17, 15) is 9.59 Å². The molecule has 1 aliphatic heterocycles. The SMILES string of the molecule is O=C1C[C@@H]([NH2+]CCc2ccc(Cl)cc2)C(=O)N1c1ccc(Cl)cc1. The zero-order valence-corrected chi connectivity index (χ0v) is 14.4. The number of nitrogens with zero attached hydrogens (tertiary/aromatic N) is 1. The lowest BCUT2D eigenvalue weighted by Gasteiger charge is -2.14. The third kappa shape index (κ3) is 3.78. The maximum atomic E-state index is 12.5. The van der Waals surface area contributed by atoms with Crippen LogP contribution < -0.4 is 10.2 Å². The van der Waals surface area contributed by atoms with Gasteiger partial charge in [-0.1, -0.05) is 35.3 Å². The first-order chi connectivity index (χ1) is 11.5. The van der Waals surface area contributed by atoms with Crippen LogP contribution in [0.15, 0.2) is 48.5 Å². The molecule has 2 N–H and O–H groups in total. The number of halogens is 2. The molecule has 0 bridgehead atoms. The summed E-state index contributed by atoms with van der Waals surface area (Å²) in [6.45, 7) is 0.736. The first-order valence-electron chi connectivity index (χ1n) is 7.75. The summed E-state index contributed by atoms with van der Waals surface area (Å²) >= 11 is 11.7. The number of nitrogens with two attached hydrogens (primary N) is 1. The standard InChI is InChI=1S/C18H16Cl2N2O2/c19-13-3-1-12(2-4-13)9-10-21-16-11-17(23)22(18(16)24)15-7-5-14(20)6-8-15/h1-8,16,21H,9-11H2/p+1/t16-/m1/s1. The van der Waals surface area contributed by atoms with E-state index < -0.39 is 0 Å². The summed E-state index contributed by atoms with van der Waals surface area (Å²) in [6.07, 6.45) is 1.04. The molecule has 1 heterocycles. The van der Waals surface area contributed by atoms with Crippen molar-refractivity contribution in [3.8, 4) is 0 Å². The van der Waals surface area contributed by atoms with Crippen LogP contribution in [-0.4, -0.2) is 24.4 Å². The highest BCUT2D eigenvalue weighted by molar-refractivity contribution is 6.31. The molecule has 1 atom stereocenters. The van der Waals surface area contributed by atoms with Gasteiger partial charge in [-0.3, -0.25) is 9.59 Å². The second kappa shape index (κ2) is 7.34. The lowest BCUT2D eigenvalue weighted by molar-refractivity contribution is -0.674. The van der Waals surface area contributed by atoms with E-state index in [1.165, 1.54) is 4.90 Å². The molecule has 0 spiro atoms. The second-order valence-corrected chi connectivity index (χ2v) is 6.63. The number of benzene rings is 2. The number of amides is 2. The summed E-state index contributed by atoms with van der Waals surface area (Å²) in [6, 6.07) is 14.0. The molecule has 0 unspecified atom stereocenters. The smallest absolute Gasteiger partial charge is 0.292 e. The Labute approximate surface area is 150 Å². The molecule has 2 amide bonds. The fraction of sp³-hybridized carbons (Fsp3) is 0.222. The predicted molar refractivity (Wildman–Crippen MR) is 94.3 cm³/mol. The molecule has 4 nitrogen and oxygen atoms in total. The minimum absolute atomic E-state index is 0.168. The van der Waals surface area contributed by atoms with E-state index in [4.69, 9.17) is 23.2 Å². The van der Waals surface area contributed by atoms with Crippen LogP contribution in [0.5, 0.6) is 0 Å². The van der Waals surface area contributed by atoms with Gasteiger partial charge in [0, 0.05) is 16.5 Å². The summed E-state index contributed by atoms with van der Waals surface area (Å²) in [5.41, 5.74) is 1.73. The van der Waals surface area contributed by atoms with Gasteiger partial charge in [-0.25, -0.2) is 4.90 Å². The molecule has 124 valence electrons. The summed E-state index contributed by atoms with van der Waals surface area (Å²) < 4.78 is 0. The van der Waals surface area contributed by atoms with Crippen molar-refractivity contribution in [1.82, 2.24) is 0 Å². The zero-order chi connectivity index (χ0) is 17.1. The third-order valence-corrected chi connectivity index (χ3v) is 4.57. The fourth-order valence-electron chi connectivity index (χ4n) is 2.80. The van der Waals surface area contributed by atoms with E-state index >= 15 is 0 Å². The summed E-state index contributed by atoms with van der Waals surface area (Å²) in [4.78, 5) is 26.0. The Bertz CT molecular complexity index is 745. The van der Waals surface area contributed by atoms with Crippen molar-refractivity contribution >= 4 is 40.7 Å². The maximum absolute atomic E-state index is 12.5. The third-order valence-electron chi connectivity index (χ3n) is 4.06. The number of hydrogen-bond donors (Lipinski definition) is 1. The molecular formula is C18H17Cl2N2O2+. The van der Waals surface area contributed by atoms with Crippen molar-refractivity contribution < 1.29 is 14.9 Å². The highest BCUT2D eigenvalue weighted by atomic mass is 35.5. The lowest BCUT2D eigenvalue weighted by atomic mass is 10.1. The van der Waals surface area contributed by atoms with E-state index in [-0.39, 0.29) is 24.3 Å². The molecule has 3 rings (SSSR count). The molecule has 1 aliphatic rings. The van der Waals surface area contributed by atoms with Crippen LogP contribution in [0.25, 0.3) is 0 Å². The van der Waals surface area contributed by atoms with E-state index in [2.05, 4.69) is 0 Å². The lowest BCUT2D eigenvalue weighted by Crippen LogP contribution is -2.92. The van der Waals surface area contributed by atoms with Crippen molar-refractivity contribution in [3.05, 3.63) is 64.1 Å². The molecule has 6 heteroatoms. The van der Waals surface area contributed by atoms with E-state index in [0.29, 0.717) is 15.7 Å². The zero-order valence-electron chi connectivity index (χ0n) is 12.9. The van der Waals surface area contributed by atoms with Crippen molar-refractivity contribution in [2.45, 2.75) is 18.9 Å². The minimum atomic E-state index is -0.361. The molecule has 0 aromatic heterocycles. The minimum Gasteiger partial charge on any atom is -0.335 e. The predicted octanol–water partition coefficient (Wildman–Crippen LogP) is 2.43. The van der Waals surface area contributed by atoms with Crippen molar-refractivity contribution in [2.75, 3.05) is 11.4 Å². The van der Waals surface area contributed by atoms with Crippen LogP contribution in [0.4, 0.5) is 5.69 Å². The van der Waals surface area contributed by atoms with E-state index in [0.717, 1.165) is 18.5 Å². The highest BCUT2D eigenvalue weighted by Crippen LogP contribution is 2.23. The first kappa shape index (κ1) is 17.0. The van der Waals surface area contributed by atoms with Gasteiger partial charge in [-0.05, 0) is 42.0 Å². The largest absolute Gasteiger partial charge is 0.335 e. The van der Waals surface area contributed by atoms with Gasteiger partial charge in [-0.15, -0.1) is 0 Å². The Morgan fingerprint density at radius 1 is 0.958 bits per heavy atom. The quantitative estimate of drug-likeness (QED) is 0.829. The van der Waals surface area contributed by atoms with Gasteiger partial charge < -0.3 is 5.32 Å². The fourth-order valence-corrected chi connectivity index (χ4v) is 3.06.